The molecule has 0 fully saturated rings. The van der Waals surface area contributed by atoms with Gasteiger partial charge in [0.1, 0.15) is 0 Å². The summed E-state index contributed by atoms with van der Waals surface area (Å²) in [7, 11) is 0. The monoisotopic (exact) mass is 545 g/mol. The number of nitrogens with zero attached hydrogens (tertiary/aromatic N) is 1. The molecule has 43 heavy (non-hydrogen) atoms. The summed E-state index contributed by atoms with van der Waals surface area (Å²) in [5.74, 6) is 0. The van der Waals surface area contributed by atoms with Gasteiger partial charge in [0.05, 0.1) is 5.52 Å². The van der Waals surface area contributed by atoms with E-state index in [2.05, 4.69) is 146 Å². The lowest BCUT2D eigenvalue weighted by Crippen LogP contribution is -1.93. The molecule has 0 aliphatic heterocycles. The number of pyridine rings is 1. The van der Waals surface area contributed by atoms with Crippen LogP contribution >= 0.6 is 0 Å². The van der Waals surface area contributed by atoms with Crippen LogP contribution in [-0.4, -0.2) is 4.98 Å². The maximum absolute atomic E-state index is 4.74. The van der Waals surface area contributed by atoms with E-state index in [9.17, 15) is 0 Å². The minimum absolute atomic E-state index is 1.03. The summed E-state index contributed by atoms with van der Waals surface area (Å²) in [5, 5.41) is 6.34. The predicted molar refractivity (Wildman–Crippen MR) is 182 cm³/mol. The zero-order valence-electron chi connectivity index (χ0n) is 23.8. The second kappa shape index (κ2) is 9.24. The number of hydrogen-bond donors (Lipinski definition) is 0. The summed E-state index contributed by atoms with van der Waals surface area (Å²) in [6.45, 7) is 2.05. The van der Waals surface area contributed by atoms with E-state index >= 15 is 0 Å². The molecule has 0 N–H and O–H groups in total. The lowest BCUT2D eigenvalue weighted by Gasteiger charge is -2.20. The van der Waals surface area contributed by atoms with Crippen molar-refractivity contribution in [2.24, 2.45) is 0 Å². The summed E-state index contributed by atoms with van der Waals surface area (Å²) >= 11 is 0. The predicted octanol–water partition coefficient (Wildman–Crippen LogP) is 11.5. The van der Waals surface area contributed by atoms with Crippen molar-refractivity contribution in [3.63, 3.8) is 0 Å². The molecule has 9 rings (SSSR count). The molecule has 1 aliphatic rings. The first kappa shape index (κ1) is 24.1. The zero-order chi connectivity index (χ0) is 28.5. The van der Waals surface area contributed by atoms with Crippen LogP contribution in [0.4, 0.5) is 0 Å². The third-order valence-corrected chi connectivity index (χ3v) is 9.02. The molecular weight excluding hydrogens is 518 g/mol. The van der Waals surface area contributed by atoms with Crippen molar-refractivity contribution in [2.75, 3.05) is 0 Å². The Morgan fingerprint density at radius 1 is 0.395 bits per heavy atom. The van der Waals surface area contributed by atoms with Crippen LogP contribution < -0.4 is 0 Å². The molecule has 200 valence electrons. The molecule has 1 aromatic heterocycles. The van der Waals surface area contributed by atoms with Crippen molar-refractivity contribution < 1.29 is 0 Å². The van der Waals surface area contributed by atoms with E-state index in [-0.39, 0.29) is 0 Å². The Hall–Kier alpha value is -5.53. The maximum Gasteiger partial charge on any atom is 0.0705 e. The van der Waals surface area contributed by atoms with E-state index < -0.39 is 0 Å². The van der Waals surface area contributed by atoms with Crippen LogP contribution in [-0.2, 0) is 0 Å². The van der Waals surface area contributed by atoms with E-state index in [1.807, 2.05) is 6.92 Å². The van der Waals surface area contributed by atoms with Crippen molar-refractivity contribution in [2.45, 2.75) is 6.92 Å². The summed E-state index contributed by atoms with van der Waals surface area (Å²) < 4.78 is 0. The number of hydrogen-bond acceptors (Lipinski definition) is 1. The quantitative estimate of drug-likeness (QED) is 0.215. The van der Waals surface area contributed by atoms with Crippen LogP contribution in [0.25, 0.3) is 88.1 Å². The van der Waals surface area contributed by atoms with Gasteiger partial charge in [-0.15, -0.1) is 0 Å². The summed E-state index contributed by atoms with van der Waals surface area (Å²) in [4.78, 5) is 4.74. The van der Waals surface area contributed by atoms with E-state index in [1.54, 1.807) is 0 Å². The maximum atomic E-state index is 4.74. The summed E-state index contributed by atoms with van der Waals surface area (Å²) in [5.41, 5.74) is 14.9. The lowest BCUT2D eigenvalue weighted by atomic mass is 9.82. The molecule has 1 nitrogen and oxygen atoms in total. The molecule has 8 aromatic rings. The van der Waals surface area contributed by atoms with Gasteiger partial charge in [0.15, 0.2) is 0 Å². The minimum atomic E-state index is 1.03. The van der Waals surface area contributed by atoms with Crippen LogP contribution in [0.1, 0.15) is 5.69 Å². The Bertz CT molecular complexity index is 2380. The molecule has 0 saturated heterocycles. The van der Waals surface area contributed by atoms with Gasteiger partial charge in [0.25, 0.3) is 0 Å². The largest absolute Gasteiger partial charge is 0.253 e. The van der Waals surface area contributed by atoms with Crippen molar-refractivity contribution in [1.29, 1.82) is 0 Å². The highest BCUT2D eigenvalue weighted by atomic mass is 14.7. The van der Waals surface area contributed by atoms with Crippen molar-refractivity contribution in [3.8, 4) is 55.6 Å². The van der Waals surface area contributed by atoms with Gasteiger partial charge in [-0.05, 0) is 114 Å². The lowest BCUT2D eigenvalue weighted by molar-refractivity contribution is 1.26. The highest BCUT2D eigenvalue weighted by molar-refractivity contribution is 6.28. The Balaban J connectivity index is 1.43. The molecule has 0 amide bonds. The average Bonchev–Trinajstić information content (AvgIpc) is 3.39. The smallest absolute Gasteiger partial charge is 0.0705 e. The summed E-state index contributed by atoms with van der Waals surface area (Å²) in [6, 6.07) is 53.3. The Kier molecular flexibility index (Phi) is 5.18. The van der Waals surface area contributed by atoms with Crippen LogP contribution in [0.15, 0.2) is 146 Å². The molecule has 1 heterocycles. The number of aromatic nitrogens is 1. The van der Waals surface area contributed by atoms with E-state index in [4.69, 9.17) is 4.98 Å². The standard InChI is InChI=1S/C42H27N/c1-26-19-20-30-23-29(21-22-37(30)43-26)32-24-31-15-10-18-35-38(31)36(25-32)42-40(28-13-6-3-7-14-28)34-17-9-8-16-33(34)39(41(35)42)27-11-4-2-5-12-27/h2-25H,1H3. The third kappa shape index (κ3) is 3.62. The minimum Gasteiger partial charge on any atom is -0.253 e. The molecule has 0 atom stereocenters. The molecular formula is C42H27N. The average molecular weight is 546 g/mol. The van der Waals surface area contributed by atoms with Gasteiger partial charge in [-0.3, -0.25) is 4.98 Å². The van der Waals surface area contributed by atoms with Gasteiger partial charge in [-0.25, -0.2) is 0 Å². The van der Waals surface area contributed by atoms with Crippen LogP contribution in [0.3, 0.4) is 0 Å². The van der Waals surface area contributed by atoms with Crippen LogP contribution in [0.2, 0.25) is 0 Å². The highest BCUT2D eigenvalue weighted by Crippen LogP contribution is 2.58. The SMILES string of the molecule is Cc1ccc2cc(-c3cc4c5c(cccc5c3)-c3c-4c(-c4ccccc4)c4ccccc4c3-c3ccccc3)ccc2n1. The van der Waals surface area contributed by atoms with Gasteiger partial charge < -0.3 is 0 Å². The highest BCUT2D eigenvalue weighted by Gasteiger charge is 2.30. The third-order valence-electron chi connectivity index (χ3n) is 9.02. The summed E-state index contributed by atoms with van der Waals surface area (Å²) in [6.07, 6.45) is 0. The first-order valence-electron chi connectivity index (χ1n) is 14.9. The number of rotatable bonds is 3. The topological polar surface area (TPSA) is 12.9 Å². The molecule has 0 spiro atoms. The van der Waals surface area contributed by atoms with Crippen LogP contribution in [0.5, 0.6) is 0 Å². The fraction of sp³-hybridized carbons (Fsp3) is 0.0238. The number of benzene rings is 7. The Labute approximate surface area is 250 Å². The number of fused-ring (bicyclic) bond motifs is 5. The van der Waals surface area contributed by atoms with Gasteiger partial charge in [0, 0.05) is 11.1 Å². The van der Waals surface area contributed by atoms with E-state index in [0.717, 1.165) is 16.6 Å². The first-order chi connectivity index (χ1) is 21.2. The van der Waals surface area contributed by atoms with Gasteiger partial charge >= 0.3 is 0 Å². The molecule has 0 saturated carbocycles. The Morgan fingerprint density at radius 2 is 1.02 bits per heavy atom. The molecule has 1 heteroatoms. The van der Waals surface area contributed by atoms with Crippen molar-refractivity contribution in [3.05, 3.63) is 151 Å². The zero-order valence-corrected chi connectivity index (χ0v) is 23.8. The molecule has 0 bridgehead atoms. The Morgan fingerprint density at radius 3 is 1.72 bits per heavy atom. The number of aryl methyl sites for hydroxylation is 1. The molecule has 0 unspecified atom stereocenters. The fourth-order valence-electron chi connectivity index (χ4n) is 7.19. The molecule has 0 radical (unpaired) electrons. The van der Waals surface area contributed by atoms with Crippen LogP contribution in [0, 0.1) is 6.92 Å². The van der Waals surface area contributed by atoms with Crippen molar-refractivity contribution >= 4 is 32.4 Å². The molecule has 7 aromatic carbocycles. The van der Waals surface area contributed by atoms with E-state index in [0.29, 0.717) is 0 Å². The van der Waals surface area contributed by atoms with E-state index in [1.165, 1.54) is 77.2 Å². The van der Waals surface area contributed by atoms with Crippen molar-refractivity contribution in [1.82, 2.24) is 4.98 Å². The fourth-order valence-corrected chi connectivity index (χ4v) is 7.19. The molecule has 1 aliphatic carbocycles. The van der Waals surface area contributed by atoms with Gasteiger partial charge in [0.2, 0.25) is 0 Å². The second-order valence-electron chi connectivity index (χ2n) is 11.6. The van der Waals surface area contributed by atoms with Gasteiger partial charge in [-0.2, -0.15) is 0 Å². The normalized spacial score (nSPS) is 11.8. The second-order valence-corrected chi connectivity index (χ2v) is 11.6. The first-order valence-corrected chi connectivity index (χ1v) is 14.9. The van der Waals surface area contributed by atoms with Gasteiger partial charge in [-0.1, -0.05) is 115 Å².